The summed E-state index contributed by atoms with van der Waals surface area (Å²) in [7, 11) is -4.13. The van der Waals surface area contributed by atoms with Gasteiger partial charge in [-0.2, -0.15) is 30.6 Å². The first kappa shape index (κ1) is 30.3. The highest BCUT2D eigenvalue weighted by atomic mass is 35.5. The molecule has 3 aromatic carbocycles. The Morgan fingerprint density at radius 1 is 0.800 bits per heavy atom. The first-order valence-corrected chi connectivity index (χ1v) is 14.0. The number of piperazine rings is 1. The average molecular weight is 607 g/mol. The normalized spacial score (nSPS) is 16.7. The lowest BCUT2D eigenvalue weighted by Crippen LogP contribution is -2.49. The van der Waals surface area contributed by atoms with Crippen LogP contribution in [0.3, 0.4) is 0 Å². The molecule has 40 heavy (non-hydrogen) atoms. The van der Waals surface area contributed by atoms with Crippen LogP contribution in [0.5, 0.6) is 0 Å². The van der Waals surface area contributed by atoms with Gasteiger partial charge in [0.1, 0.15) is 0 Å². The minimum absolute atomic E-state index is 0.0370. The van der Waals surface area contributed by atoms with E-state index in [1.54, 1.807) is 24.3 Å². The lowest BCUT2D eigenvalue weighted by Gasteiger charge is -2.36. The van der Waals surface area contributed by atoms with Crippen molar-refractivity contribution in [1.82, 2.24) is 9.21 Å². The monoisotopic (exact) mass is 606 g/mol. The van der Waals surface area contributed by atoms with Crippen LogP contribution in [0, 0.1) is 0 Å². The molecule has 0 aliphatic carbocycles. The molecule has 0 amide bonds. The summed E-state index contributed by atoms with van der Waals surface area (Å²) >= 11 is 6.01. The van der Waals surface area contributed by atoms with E-state index < -0.39 is 44.5 Å². The molecular weight excluding hydrogens is 582 g/mol. The summed E-state index contributed by atoms with van der Waals surface area (Å²) in [6, 6.07) is 15.2. The maximum Gasteiger partial charge on any atom is 0.416 e. The van der Waals surface area contributed by atoms with Crippen LogP contribution in [0.4, 0.5) is 26.3 Å². The molecule has 1 saturated heterocycles. The number of benzene rings is 3. The van der Waals surface area contributed by atoms with E-state index in [1.807, 2.05) is 4.90 Å². The van der Waals surface area contributed by atoms with Gasteiger partial charge in [-0.3, -0.25) is 4.90 Å². The number of hydrogen-bond acceptors (Lipinski definition) is 4. The zero-order valence-electron chi connectivity index (χ0n) is 20.9. The van der Waals surface area contributed by atoms with Crippen molar-refractivity contribution in [3.63, 3.8) is 0 Å². The lowest BCUT2D eigenvalue weighted by atomic mass is 10.1. The van der Waals surface area contributed by atoms with Crippen LogP contribution in [-0.4, -0.2) is 50.3 Å². The van der Waals surface area contributed by atoms with Crippen molar-refractivity contribution in [1.29, 1.82) is 0 Å². The quantitative estimate of drug-likeness (QED) is 0.270. The smallest absolute Gasteiger partial charge is 0.368 e. The Labute approximate surface area is 233 Å². The van der Waals surface area contributed by atoms with Crippen LogP contribution in [0.1, 0.15) is 28.4 Å². The second-order valence-corrected chi connectivity index (χ2v) is 11.7. The van der Waals surface area contributed by atoms with Gasteiger partial charge in [0.05, 0.1) is 28.7 Å². The van der Waals surface area contributed by atoms with E-state index in [0.717, 1.165) is 40.2 Å². The topological polar surface area (TPSA) is 49.9 Å². The molecule has 0 N–H and O–H groups in total. The third-order valence-electron chi connectivity index (χ3n) is 6.53. The van der Waals surface area contributed by atoms with E-state index in [0.29, 0.717) is 36.3 Å². The summed E-state index contributed by atoms with van der Waals surface area (Å²) < 4.78 is 111. The van der Waals surface area contributed by atoms with E-state index in [4.69, 9.17) is 16.3 Å². The second kappa shape index (κ2) is 12.1. The molecule has 0 unspecified atom stereocenters. The number of alkyl halides is 6. The third kappa shape index (κ3) is 7.55. The van der Waals surface area contributed by atoms with Crippen molar-refractivity contribution in [2.75, 3.05) is 32.7 Å². The fraction of sp³-hybridized carbons (Fsp3) is 0.333. The van der Waals surface area contributed by atoms with E-state index in [-0.39, 0.29) is 19.7 Å². The number of sulfonamides is 1. The molecule has 1 atom stereocenters. The molecule has 216 valence electrons. The molecule has 0 spiro atoms. The SMILES string of the molecule is O=S(=O)(c1cccc(C(F)(F)F)c1)N1CCN(C[C@@H](OCc2ccc(C(F)(F)F)cc2)c2ccc(Cl)cc2)CC1. The molecule has 1 heterocycles. The molecule has 3 aromatic rings. The lowest BCUT2D eigenvalue weighted by molar-refractivity contribution is -0.138. The Kier molecular flexibility index (Phi) is 9.15. The number of ether oxygens (including phenoxy) is 1. The molecule has 1 aliphatic rings. The molecule has 1 fully saturated rings. The summed E-state index contributed by atoms with van der Waals surface area (Å²) in [4.78, 5) is 1.54. The Morgan fingerprint density at radius 2 is 1.40 bits per heavy atom. The van der Waals surface area contributed by atoms with Crippen molar-refractivity contribution < 1.29 is 39.5 Å². The maximum atomic E-state index is 13.1. The Balaban J connectivity index is 1.42. The minimum atomic E-state index is -4.67. The molecule has 5 nitrogen and oxygen atoms in total. The van der Waals surface area contributed by atoms with Gasteiger partial charge in [-0.25, -0.2) is 8.42 Å². The fourth-order valence-electron chi connectivity index (χ4n) is 4.29. The molecule has 1 aliphatic heterocycles. The number of rotatable bonds is 8. The molecule has 0 bridgehead atoms. The average Bonchev–Trinajstić information content (AvgIpc) is 2.91. The van der Waals surface area contributed by atoms with Crippen molar-refractivity contribution in [2.24, 2.45) is 0 Å². The third-order valence-corrected chi connectivity index (χ3v) is 8.68. The van der Waals surface area contributed by atoms with Gasteiger partial charge in [-0.1, -0.05) is 41.9 Å². The first-order valence-electron chi connectivity index (χ1n) is 12.2. The van der Waals surface area contributed by atoms with E-state index in [2.05, 4.69) is 0 Å². The van der Waals surface area contributed by atoms with Gasteiger partial charge in [-0.15, -0.1) is 0 Å². The summed E-state index contributed by atoms with van der Waals surface area (Å²) in [6.45, 7) is 1.10. The minimum Gasteiger partial charge on any atom is -0.368 e. The van der Waals surface area contributed by atoms with Gasteiger partial charge in [0.15, 0.2) is 0 Å². The van der Waals surface area contributed by atoms with E-state index in [9.17, 15) is 34.8 Å². The molecule has 4 rings (SSSR count). The highest BCUT2D eigenvalue weighted by Gasteiger charge is 2.34. The standard InChI is InChI=1S/C27H25ClF6N2O3S/c28-23-10-6-20(7-11-23)25(39-18-19-4-8-21(9-5-19)26(29,30)31)17-35-12-14-36(15-13-35)40(37,38)24-3-1-2-22(16-24)27(32,33)34/h1-11,16,25H,12-15,17-18H2/t25-/m1/s1. The summed E-state index contributed by atoms with van der Waals surface area (Å²) in [6.07, 6.45) is -9.62. The van der Waals surface area contributed by atoms with Crippen LogP contribution < -0.4 is 0 Å². The summed E-state index contributed by atoms with van der Waals surface area (Å²) in [5.74, 6) is 0. The van der Waals surface area contributed by atoms with Crippen molar-refractivity contribution in [3.05, 3.63) is 100 Å². The first-order chi connectivity index (χ1) is 18.7. The Bertz CT molecular complexity index is 1390. The number of halogens is 7. The van der Waals surface area contributed by atoms with Gasteiger partial charge in [-0.05, 0) is 53.6 Å². The highest BCUT2D eigenvalue weighted by molar-refractivity contribution is 7.89. The van der Waals surface area contributed by atoms with Crippen molar-refractivity contribution >= 4 is 21.6 Å². The van der Waals surface area contributed by atoms with Gasteiger partial charge >= 0.3 is 12.4 Å². The highest BCUT2D eigenvalue weighted by Crippen LogP contribution is 2.32. The summed E-state index contributed by atoms with van der Waals surface area (Å²) in [5, 5.41) is 0.513. The maximum absolute atomic E-state index is 13.1. The second-order valence-electron chi connectivity index (χ2n) is 9.28. The molecule has 0 aromatic heterocycles. The molecule has 13 heteroatoms. The zero-order chi connectivity index (χ0) is 29.1. The zero-order valence-corrected chi connectivity index (χ0v) is 22.5. The van der Waals surface area contributed by atoms with Crippen LogP contribution >= 0.6 is 11.6 Å². The van der Waals surface area contributed by atoms with Crippen LogP contribution in [0.2, 0.25) is 5.02 Å². The number of hydrogen-bond donors (Lipinski definition) is 0. The van der Waals surface area contributed by atoms with Gasteiger partial charge < -0.3 is 4.74 Å². The predicted molar refractivity (Wildman–Crippen MR) is 137 cm³/mol. The number of nitrogens with zero attached hydrogens (tertiary/aromatic N) is 2. The van der Waals surface area contributed by atoms with Gasteiger partial charge in [0, 0.05) is 37.7 Å². The van der Waals surface area contributed by atoms with Crippen molar-refractivity contribution in [2.45, 2.75) is 30.0 Å². The van der Waals surface area contributed by atoms with Crippen LogP contribution in [-0.2, 0) is 33.7 Å². The summed E-state index contributed by atoms with van der Waals surface area (Å²) in [5.41, 5.74) is -0.481. The molecular formula is C27H25ClF6N2O3S. The molecule has 0 radical (unpaired) electrons. The van der Waals surface area contributed by atoms with E-state index >= 15 is 0 Å². The van der Waals surface area contributed by atoms with Crippen LogP contribution in [0.15, 0.2) is 77.7 Å². The van der Waals surface area contributed by atoms with Gasteiger partial charge in [0.2, 0.25) is 10.0 Å². The fourth-order valence-corrected chi connectivity index (χ4v) is 5.88. The predicted octanol–water partition coefficient (Wildman–Crippen LogP) is 6.64. The Morgan fingerprint density at radius 3 is 1.98 bits per heavy atom. The van der Waals surface area contributed by atoms with E-state index in [1.165, 1.54) is 12.1 Å². The molecule has 0 saturated carbocycles. The van der Waals surface area contributed by atoms with Crippen molar-refractivity contribution in [3.8, 4) is 0 Å². The largest absolute Gasteiger partial charge is 0.416 e. The van der Waals surface area contributed by atoms with Crippen LogP contribution in [0.25, 0.3) is 0 Å². The van der Waals surface area contributed by atoms with Gasteiger partial charge in [0.25, 0.3) is 0 Å². The Hall–Kier alpha value is -2.64.